The number of ether oxygens (including phenoxy) is 1. The Balaban J connectivity index is 1.56. The van der Waals surface area contributed by atoms with Crippen molar-refractivity contribution in [1.82, 2.24) is 10.4 Å². The number of H-pyrrole nitrogens is 1. The number of para-hydroxylation sites is 1. The summed E-state index contributed by atoms with van der Waals surface area (Å²) in [5.74, 6) is 0.415. The van der Waals surface area contributed by atoms with Gasteiger partial charge in [0.2, 0.25) is 0 Å². The first-order valence-corrected chi connectivity index (χ1v) is 7.72. The smallest absolute Gasteiger partial charge is 0.277 e. The Bertz CT molecular complexity index is 897. The predicted octanol–water partition coefficient (Wildman–Crippen LogP) is 3.31. The Morgan fingerprint density at radius 1 is 1.21 bits per heavy atom. The first-order chi connectivity index (χ1) is 11.6. The van der Waals surface area contributed by atoms with E-state index in [9.17, 15) is 4.79 Å². The molecule has 3 rings (SSSR count). The number of rotatable bonds is 5. The Morgan fingerprint density at radius 2 is 2.04 bits per heavy atom. The molecule has 1 aromatic heterocycles. The number of carbonyl (C=O) groups excluding carboxylic acids is 1. The Kier molecular flexibility index (Phi) is 4.61. The molecule has 0 aliphatic heterocycles. The van der Waals surface area contributed by atoms with Gasteiger partial charge in [-0.25, -0.2) is 5.43 Å². The van der Waals surface area contributed by atoms with Gasteiger partial charge in [-0.3, -0.25) is 4.79 Å². The van der Waals surface area contributed by atoms with E-state index in [4.69, 9.17) is 4.74 Å². The first-order valence-electron chi connectivity index (χ1n) is 7.72. The fraction of sp³-hybridized carbons (Fsp3) is 0.158. The van der Waals surface area contributed by atoms with Gasteiger partial charge in [-0.05, 0) is 37.1 Å². The number of aromatic amines is 1. The molecule has 5 heteroatoms. The standard InChI is InChI=1S/C19H19N3O2/c1-13-6-5-9-18(14(13)2)24-12-19(23)22-21-11-15-10-20-17-8-4-3-7-16(15)17/h3-11,20H,12H2,1-2H3,(H,22,23)/b21-11-. The number of nitrogens with zero attached hydrogens (tertiary/aromatic N) is 1. The zero-order chi connectivity index (χ0) is 16.9. The summed E-state index contributed by atoms with van der Waals surface area (Å²) in [6, 6.07) is 13.7. The minimum atomic E-state index is -0.299. The van der Waals surface area contributed by atoms with E-state index in [1.807, 2.05) is 62.5 Å². The summed E-state index contributed by atoms with van der Waals surface area (Å²) in [6.45, 7) is 3.90. The summed E-state index contributed by atoms with van der Waals surface area (Å²) in [7, 11) is 0. The monoisotopic (exact) mass is 321 g/mol. The van der Waals surface area contributed by atoms with E-state index in [2.05, 4.69) is 15.5 Å². The van der Waals surface area contributed by atoms with Crippen LogP contribution in [0.1, 0.15) is 16.7 Å². The molecule has 0 aliphatic rings. The molecular weight excluding hydrogens is 302 g/mol. The van der Waals surface area contributed by atoms with E-state index in [0.717, 1.165) is 27.6 Å². The molecule has 0 saturated heterocycles. The van der Waals surface area contributed by atoms with Gasteiger partial charge in [-0.15, -0.1) is 0 Å². The number of hydrogen-bond acceptors (Lipinski definition) is 3. The fourth-order valence-electron chi connectivity index (χ4n) is 2.43. The van der Waals surface area contributed by atoms with Gasteiger partial charge in [-0.1, -0.05) is 30.3 Å². The van der Waals surface area contributed by atoms with Crippen LogP contribution >= 0.6 is 0 Å². The first kappa shape index (κ1) is 15.8. The highest BCUT2D eigenvalue weighted by atomic mass is 16.5. The third-order valence-corrected chi connectivity index (χ3v) is 3.93. The van der Waals surface area contributed by atoms with Crippen LogP contribution in [-0.2, 0) is 4.79 Å². The van der Waals surface area contributed by atoms with E-state index in [0.29, 0.717) is 5.75 Å². The van der Waals surface area contributed by atoms with Crippen LogP contribution in [0.5, 0.6) is 5.75 Å². The fourth-order valence-corrected chi connectivity index (χ4v) is 2.43. The molecular formula is C19H19N3O2. The molecule has 24 heavy (non-hydrogen) atoms. The van der Waals surface area contributed by atoms with E-state index in [1.54, 1.807) is 6.21 Å². The van der Waals surface area contributed by atoms with Crippen LogP contribution in [0.3, 0.4) is 0 Å². The maximum atomic E-state index is 11.8. The molecule has 0 atom stereocenters. The van der Waals surface area contributed by atoms with E-state index < -0.39 is 0 Å². The molecule has 0 saturated carbocycles. The zero-order valence-electron chi connectivity index (χ0n) is 13.7. The maximum absolute atomic E-state index is 11.8. The molecule has 3 aromatic rings. The second-order valence-corrected chi connectivity index (χ2v) is 5.57. The highest BCUT2D eigenvalue weighted by Gasteiger charge is 2.05. The molecule has 122 valence electrons. The molecule has 1 amide bonds. The predicted molar refractivity (Wildman–Crippen MR) is 95.4 cm³/mol. The van der Waals surface area contributed by atoms with Crippen molar-refractivity contribution in [2.45, 2.75) is 13.8 Å². The second-order valence-electron chi connectivity index (χ2n) is 5.57. The van der Waals surface area contributed by atoms with Crippen molar-refractivity contribution in [3.8, 4) is 5.75 Å². The third-order valence-electron chi connectivity index (χ3n) is 3.93. The highest BCUT2D eigenvalue weighted by Crippen LogP contribution is 2.20. The topological polar surface area (TPSA) is 66.5 Å². The van der Waals surface area contributed by atoms with Gasteiger partial charge in [0, 0.05) is 22.7 Å². The van der Waals surface area contributed by atoms with Gasteiger partial charge in [0.15, 0.2) is 6.61 Å². The average Bonchev–Trinajstić information content (AvgIpc) is 3.00. The van der Waals surface area contributed by atoms with Gasteiger partial charge < -0.3 is 9.72 Å². The van der Waals surface area contributed by atoms with E-state index >= 15 is 0 Å². The van der Waals surface area contributed by atoms with Crippen LogP contribution < -0.4 is 10.2 Å². The Labute approximate surface area is 140 Å². The minimum absolute atomic E-state index is 0.0739. The normalized spacial score (nSPS) is 11.1. The minimum Gasteiger partial charge on any atom is -0.483 e. The van der Waals surface area contributed by atoms with Gasteiger partial charge in [0.1, 0.15) is 5.75 Å². The summed E-state index contributed by atoms with van der Waals surface area (Å²) in [5.41, 5.74) is 6.60. The van der Waals surface area contributed by atoms with Crippen molar-refractivity contribution >= 4 is 23.0 Å². The van der Waals surface area contributed by atoms with Gasteiger partial charge in [0.05, 0.1) is 6.21 Å². The lowest BCUT2D eigenvalue weighted by atomic mass is 10.1. The number of hydrazone groups is 1. The van der Waals surface area contributed by atoms with Gasteiger partial charge in [0.25, 0.3) is 5.91 Å². The van der Waals surface area contributed by atoms with Crippen LogP contribution in [0.2, 0.25) is 0 Å². The van der Waals surface area contributed by atoms with Crippen molar-refractivity contribution in [2.24, 2.45) is 5.10 Å². The molecule has 5 nitrogen and oxygen atoms in total. The Hall–Kier alpha value is -3.08. The molecule has 0 fully saturated rings. The number of carbonyl (C=O) groups is 1. The van der Waals surface area contributed by atoms with Crippen molar-refractivity contribution < 1.29 is 9.53 Å². The summed E-state index contributed by atoms with van der Waals surface area (Å²) in [4.78, 5) is 15.0. The van der Waals surface area contributed by atoms with E-state index in [-0.39, 0.29) is 12.5 Å². The van der Waals surface area contributed by atoms with Crippen LogP contribution in [0.15, 0.2) is 53.8 Å². The van der Waals surface area contributed by atoms with Crippen LogP contribution in [-0.4, -0.2) is 23.7 Å². The number of fused-ring (bicyclic) bond motifs is 1. The van der Waals surface area contributed by atoms with Crippen molar-refractivity contribution in [3.05, 3.63) is 65.4 Å². The molecule has 0 aliphatic carbocycles. The summed E-state index contributed by atoms with van der Waals surface area (Å²) < 4.78 is 5.55. The number of aromatic nitrogens is 1. The number of benzene rings is 2. The summed E-state index contributed by atoms with van der Waals surface area (Å²) in [5, 5.41) is 5.05. The molecule has 0 radical (unpaired) electrons. The largest absolute Gasteiger partial charge is 0.483 e. The third kappa shape index (κ3) is 3.46. The van der Waals surface area contributed by atoms with Crippen molar-refractivity contribution in [1.29, 1.82) is 0 Å². The van der Waals surface area contributed by atoms with Crippen molar-refractivity contribution in [2.75, 3.05) is 6.61 Å². The zero-order valence-corrected chi connectivity index (χ0v) is 13.7. The Morgan fingerprint density at radius 3 is 2.92 bits per heavy atom. The molecule has 2 aromatic carbocycles. The number of aryl methyl sites for hydroxylation is 1. The molecule has 0 bridgehead atoms. The van der Waals surface area contributed by atoms with Gasteiger partial charge >= 0.3 is 0 Å². The average molecular weight is 321 g/mol. The summed E-state index contributed by atoms with van der Waals surface area (Å²) in [6.07, 6.45) is 3.47. The van der Waals surface area contributed by atoms with Crippen LogP contribution in [0.4, 0.5) is 0 Å². The summed E-state index contributed by atoms with van der Waals surface area (Å²) >= 11 is 0. The van der Waals surface area contributed by atoms with Crippen molar-refractivity contribution in [3.63, 3.8) is 0 Å². The SMILES string of the molecule is Cc1cccc(OCC(=O)N/N=C\c2c[nH]c3ccccc23)c1C. The second kappa shape index (κ2) is 7.00. The molecule has 0 unspecified atom stereocenters. The maximum Gasteiger partial charge on any atom is 0.277 e. The van der Waals surface area contributed by atoms with Crippen LogP contribution in [0, 0.1) is 13.8 Å². The van der Waals surface area contributed by atoms with E-state index in [1.165, 1.54) is 0 Å². The van der Waals surface area contributed by atoms with Gasteiger partial charge in [-0.2, -0.15) is 5.10 Å². The molecule has 1 heterocycles. The number of amides is 1. The number of nitrogens with one attached hydrogen (secondary N) is 2. The lowest BCUT2D eigenvalue weighted by molar-refractivity contribution is -0.123. The number of hydrogen-bond donors (Lipinski definition) is 2. The lowest BCUT2D eigenvalue weighted by Gasteiger charge is -2.09. The molecule has 2 N–H and O–H groups in total. The highest BCUT2D eigenvalue weighted by molar-refractivity contribution is 5.99. The molecule has 0 spiro atoms. The van der Waals surface area contributed by atoms with Crippen LogP contribution in [0.25, 0.3) is 10.9 Å². The quantitative estimate of drug-likeness (QED) is 0.559. The lowest BCUT2D eigenvalue weighted by Crippen LogP contribution is -2.24.